The Bertz CT molecular complexity index is 139. The van der Waals surface area contributed by atoms with Crippen LogP contribution in [0.4, 0.5) is 0 Å². The number of likely N-dealkylation sites (tertiary alicyclic amines) is 1. The SMILES string of the molecule is CN=C(SC)N1CCCCC1. The Morgan fingerprint density at radius 2 is 1.91 bits per heavy atom. The zero-order valence-electron chi connectivity index (χ0n) is 7.34. The molecule has 0 atom stereocenters. The van der Waals surface area contributed by atoms with Crippen LogP contribution >= 0.6 is 11.8 Å². The molecule has 0 aromatic rings. The molecule has 1 rings (SSSR count). The summed E-state index contributed by atoms with van der Waals surface area (Å²) in [6.45, 7) is 2.40. The highest BCUT2D eigenvalue weighted by atomic mass is 32.2. The van der Waals surface area contributed by atoms with Crippen LogP contribution in [0.3, 0.4) is 0 Å². The molecular weight excluding hydrogens is 156 g/mol. The van der Waals surface area contributed by atoms with Gasteiger partial charge in [0.1, 0.15) is 0 Å². The normalized spacial score (nSPS) is 20.5. The summed E-state index contributed by atoms with van der Waals surface area (Å²) in [5, 5.41) is 1.20. The van der Waals surface area contributed by atoms with Gasteiger partial charge in [-0.25, -0.2) is 0 Å². The van der Waals surface area contributed by atoms with Gasteiger partial charge in [-0.15, -0.1) is 0 Å². The van der Waals surface area contributed by atoms with Crippen molar-refractivity contribution in [1.82, 2.24) is 4.90 Å². The second kappa shape index (κ2) is 4.65. The van der Waals surface area contributed by atoms with Crippen molar-refractivity contribution in [3.05, 3.63) is 0 Å². The molecule has 1 fully saturated rings. The number of hydrogen-bond donors (Lipinski definition) is 0. The van der Waals surface area contributed by atoms with Crippen molar-refractivity contribution in [2.24, 2.45) is 4.99 Å². The number of nitrogens with zero attached hydrogens (tertiary/aromatic N) is 2. The highest BCUT2D eigenvalue weighted by Gasteiger charge is 2.12. The van der Waals surface area contributed by atoms with E-state index < -0.39 is 0 Å². The molecule has 1 saturated heterocycles. The summed E-state index contributed by atoms with van der Waals surface area (Å²) in [5.41, 5.74) is 0. The fourth-order valence-electron chi connectivity index (χ4n) is 1.45. The summed E-state index contributed by atoms with van der Waals surface area (Å²) >= 11 is 1.75. The van der Waals surface area contributed by atoms with Crippen LogP contribution in [0.1, 0.15) is 19.3 Å². The van der Waals surface area contributed by atoms with Crippen LogP contribution in [0, 0.1) is 0 Å². The third-order valence-corrected chi connectivity index (χ3v) is 2.81. The first-order valence-electron chi connectivity index (χ1n) is 4.14. The topological polar surface area (TPSA) is 15.6 Å². The van der Waals surface area contributed by atoms with Gasteiger partial charge in [0.25, 0.3) is 0 Å². The molecule has 1 aliphatic heterocycles. The largest absolute Gasteiger partial charge is 0.352 e. The quantitative estimate of drug-likeness (QED) is 0.409. The van der Waals surface area contributed by atoms with Gasteiger partial charge in [-0.2, -0.15) is 0 Å². The van der Waals surface area contributed by atoms with Gasteiger partial charge in [-0.3, -0.25) is 4.99 Å². The van der Waals surface area contributed by atoms with Crippen LogP contribution in [0.5, 0.6) is 0 Å². The molecule has 11 heavy (non-hydrogen) atoms. The first kappa shape index (κ1) is 8.91. The summed E-state index contributed by atoms with van der Waals surface area (Å²) in [5.74, 6) is 0. The van der Waals surface area contributed by atoms with Crippen molar-refractivity contribution in [2.45, 2.75) is 19.3 Å². The second-order valence-corrected chi connectivity index (χ2v) is 3.53. The van der Waals surface area contributed by atoms with Gasteiger partial charge in [0.15, 0.2) is 5.17 Å². The van der Waals surface area contributed by atoms with Crippen molar-refractivity contribution >= 4 is 16.9 Å². The monoisotopic (exact) mass is 172 g/mol. The van der Waals surface area contributed by atoms with Gasteiger partial charge in [-0.1, -0.05) is 11.8 Å². The van der Waals surface area contributed by atoms with E-state index in [2.05, 4.69) is 16.1 Å². The van der Waals surface area contributed by atoms with Gasteiger partial charge in [0, 0.05) is 20.1 Å². The summed E-state index contributed by atoms with van der Waals surface area (Å²) in [6, 6.07) is 0. The predicted molar refractivity (Wildman–Crippen MR) is 52.3 cm³/mol. The molecule has 0 bridgehead atoms. The summed E-state index contributed by atoms with van der Waals surface area (Å²) in [4.78, 5) is 6.62. The number of rotatable bonds is 0. The molecule has 1 aliphatic rings. The number of aliphatic imine (C=N–C) groups is 1. The minimum absolute atomic E-state index is 1.20. The van der Waals surface area contributed by atoms with Gasteiger partial charge < -0.3 is 4.90 Å². The van der Waals surface area contributed by atoms with E-state index in [1.165, 1.54) is 37.5 Å². The number of amidine groups is 1. The fourth-order valence-corrected chi connectivity index (χ4v) is 2.07. The minimum atomic E-state index is 1.20. The van der Waals surface area contributed by atoms with Gasteiger partial charge in [-0.05, 0) is 25.5 Å². The molecule has 0 aromatic carbocycles. The summed E-state index contributed by atoms with van der Waals surface area (Å²) in [7, 11) is 1.88. The number of piperidine rings is 1. The van der Waals surface area contributed by atoms with E-state index in [0.717, 1.165) is 0 Å². The van der Waals surface area contributed by atoms with Crippen molar-refractivity contribution < 1.29 is 0 Å². The van der Waals surface area contributed by atoms with Crippen LogP contribution in [0.2, 0.25) is 0 Å². The molecule has 0 radical (unpaired) electrons. The molecular formula is C8H16N2S. The van der Waals surface area contributed by atoms with E-state index >= 15 is 0 Å². The van der Waals surface area contributed by atoms with Crippen LogP contribution in [-0.4, -0.2) is 36.5 Å². The Morgan fingerprint density at radius 3 is 2.36 bits per heavy atom. The second-order valence-electron chi connectivity index (χ2n) is 2.76. The molecule has 0 aromatic heterocycles. The van der Waals surface area contributed by atoms with E-state index in [9.17, 15) is 0 Å². The maximum Gasteiger partial charge on any atom is 0.158 e. The first-order chi connectivity index (χ1) is 5.38. The Labute approximate surface area is 73.1 Å². The van der Waals surface area contributed by atoms with E-state index in [-0.39, 0.29) is 0 Å². The van der Waals surface area contributed by atoms with E-state index in [1.54, 1.807) is 11.8 Å². The van der Waals surface area contributed by atoms with E-state index in [0.29, 0.717) is 0 Å². The number of thioether (sulfide) groups is 1. The molecule has 1 heterocycles. The Hall–Kier alpha value is -0.180. The Kier molecular flexibility index (Phi) is 3.77. The molecule has 0 saturated carbocycles. The van der Waals surface area contributed by atoms with Crippen molar-refractivity contribution in [1.29, 1.82) is 0 Å². The van der Waals surface area contributed by atoms with E-state index in [4.69, 9.17) is 0 Å². The Morgan fingerprint density at radius 1 is 1.27 bits per heavy atom. The lowest BCUT2D eigenvalue weighted by Crippen LogP contribution is -2.33. The summed E-state index contributed by atoms with van der Waals surface area (Å²) in [6.07, 6.45) is 6.15. The average Bonchev–Trinajstić information content (AvgIpc) is 2.09. The fraction of sp³-hybridized carbons (Fsp3) is 0.875. The van der Waals surface area contributed by atoms with Crippen molar-refractivity contribution in [2.75, 3.05) is 26.4 Å². The highest BCUT2D eigenvalue weighted by Crippen LogP contribution is 2.13. The van der Waals surface area contributed by atoms with E-state index in [1.807, 2.05) is 7.05 Å². The highest BCUT2D eigenvalue weighted by molar-refractivity contribution is 8.13. The molecule has 64 valence electrons. The van der Waals surface area contributed by atoms with Crippen LogP contribution in [-0.2, 0) is 0 Å². The Balaban J connectivity index is 2.43. The first-order valence-corrected chi connectivity index (χ1v) is 5.36. The maximum atomic E-state index is 4.24. The minimum Gasteiger partial charge on any atom is -0.352 e. The lowest BCUT2D eigenvalue weighted by atomic mass is 10.1. The molecule has 0 N–H and O–H groups in total. The standard InChI is InChI=1S/C8H16N2S/c1-9-8(11-2)10-6-4-3-5-7-10/h3-7H2,1-2H3. The zero-order chi connectivity index (χ0) is 8.10. The maximum absolute atomic E-state index is 4.24. The third-order valence-electron chi connectivity index (χ3n) is 2.00. The smallest absolute Gasteiger partial charge is 0.158 e. The molecule has 0 spiro atoms. The zero-order valence-corrected chi connectivity index (χ0v) is 8.15. The lowest BCUT2D eigenvalue weighted by Gasteiger charge is -2.28. The van der Waals surface area contributed by atoms with Gasteiger partial charge in [0.2, 0.25) is 0 Å². The molecule has 0 aliphatic carbocycles. The third kappa shape index (κ3) is 2.40. The molecule has 2 nitrogen and oxygen atoms in total. The molecule has 3 heteroatoms. The molecule has 0 amide bonds. The van der Waals surface area contributed by atoms with Gasteiger partial charge in [0.05, 0.1) is 0 Å². The van der Waals surface area contributed by atoms with Crippen LogP contribution < -0.4 is 0 Å². The average molecular weight is 172 g/mol. The van der Waals surface area contributed by atoms with Crippen molar-refractivity contribution in [3.8, 4) is 0 Å². The predicted octanol–water partition coefficient (Wildman–Crippen LogP) is 1.82. The van der Waals surface area contributed by atoms with Crippen LogP contribution in [0.25, 0.3) is 0 Å². The lowest BCUT2D eigenvalue weighted by molar-refractivity contribution is 0.347. The van der Waals surface area contributed by atoms with Gasteiger partial charge >= 0.3 is 0 Å². The number of hydrogen-bond acceptors (Lipinski definition) is 2. The molecule has 0 unspecified atom stereocenters. The summed E-state index contributed by atoms with van der Waals surface area (Å²) < 4.78 is 0. The van der Waals surface area contributed by atoms with Crippen molar-refractivity contribution in [3.63, 3.8) is 0 Å². The van der Waals surface area contributed by atoms with Crippen LogP contribution in [0.15, 0.2) is 4.99 Å².